The van der Waals surface area contributed by atoms with Crippen LogP contribution in [0.25, 0.3) is 0 Å². The number of hydrogen-bond acceptors (Lipinski definition) is 3. The molecular weight excluding hydrogens is 350 g/mol. The molecule has 2 rings (SSSR count). The number of anilines is 1. The van der Waals surface area contributed by atoms with Gasteiger partial charge in [-0.2, -0.15) is 0 Å². The van der Waals surface area contributed by atoms with E-state index in [4.69, 9.17) is 0 Å². The summed E-state index contributed by atoms with van der Waals surface area (Å²) < 4.78 is 27.2. The summed E-state index contributed by atoms with van der Waals surface area (Å²) in [5, 5.41) is 5.33. The summed E-state index contributed by atoms with van der Waals surface area (Å²) in [6.07, 6.45) is 0.552. The zero-order valence-corrected chi connectivity index (χ0v) is 15.6. The van der Waals surface area contributed by atoms with Crippen molar-refractivity contribution < 1.29 is 18.4 Å². The molecule has 2 unspecified atom stereocenters. The van der Waals surface area contributed by atoms with Gasteiger partial charge in [0.2, 0.25) is 5.91 Å². The maximum absolute atomic E-state index is 13.9. The molecule has 2 aromatic carbocycles. The number of halogens is 2. The quantitative estimate of drug-likeness (QED) is 0.545. The first-order valence-electron chi connectivity index (χ1n) is 8.83. The predicted molar refractivity (Wildman–Crippen MR) is 102 cm³/mol. The van der Waals surface area contributed by atoms with Crippen LogP contribution in [0, 0.1) is 17.6 Å². The molecule has 0 spiro atoms. The van der Waals surface area contributed by atoms with E-state index in [2.05, 4.69) is 24.5 Å². The molecule has 0 aliphatic carbocycles. The Hall–Kier alpha value is -2.60. The lowest BCUT2D eigenvalue weighted by atomic mass is 9.84. The van der Waals surface area contributed by atoms with Gasteiger partial charge in [-0.1, -0.05) is 44.2 Å². The molecule has 6 heteroatoms. The Morgan fingerprint density at radius 2 is 1.78 bits per heavy atom. The highest BCUT2D eigenvalue weighted by molar-refractivity contribution is 6.01. The van der Waals surface area contributed by atoms with Gasteiger partial charge >= 0.3 is 0 Å². The minimum Gasteiger partial charge on any atom is -0.323 e. The van der Waals surface area contributed by atoms with Crippen LogP contribution in [-0.2, 0) is 9.59 Å². The Morgan fingerprint density at radius 1 is 1.11 bits per heavy atom. The van der Waals surface area contributed by atoms with E-state index in [1.54, 1.807) is 7.05 Å². The lowest BCUT2D eigenvalue weighted by molar-refractivity contribution is -0.125. The number of aldehydes is 1. The van der Waals surface area contributed by atoms with E-state index in [1.165, 1.54) is 12.1 Å². The smallest absolute Gasteiger partial charge is 0.235 e. The Balaban J connectivity index is 2.32. The highest BCUT2D eigenvalue weighted by Crippen LogP contribution is 2.28. The fourth-order valence-corrected chi connectivity index (χ4v) is 2.98. The van der Waals surface area contributed by atoms with Gasteiger partial charge in [0, 0.05) is 12.5 Å². The second kappa shape index (κ2) is 9.37. The third-order valence-corrected chi connectivity index (χ3v) is 4.52. The summed E-state index contributed by atoms with van der Waals surface area (Å²) in [5.74, 6) is -4.09. The van der Waals surface area contributed by atoms with Crippen LogP contribution in [0.1, 0.15) is 36.8 Å². The molecule has 0 heterocycles. The van der Waals surface area contributed by atoms with Crippen LogP contribution in [0.15, 0.2) is 42.5 Å². The predicted octanol–water partition coefficient (Wildman–Crippen LogP) is 3.85. The normalized spacial score (nSPS) is 13.3. The van der Waals surface area contributed by atoms with Gasteiger partial charge in [-0.25, -0.2) is 8.78 Å². The largest absolute Gasteiger partial charge is 0.323 e. The fraction of sp³-hybridized carbons (Fsp3) is 0.333. The van der Waals surface area contributed by atoms with Crippen molar-refractivity contribution in [1.82, 2.24) is 5.32 Å². The lowest BCUT2D eigenvalue weighted by Gasteiger charge is -2.24. The number of carbonyl (C=O) groups is 2. The Bertz CT molecular complexity index is 809. The molecule has 0 saturated carbocycles. The summed E-state index contributed by atoms with van der Waals surface area (Å²) in [7, 11) is 1.73. The van der Waals surface area contributed by atoms with Crippen molar-refractivity contribution in [3.63, 3.8) is 0 Å². The number of rotatable bonds is 8. The standard InChI is InChI=1S/C21H24F2N2O2/c1-13(2)14-6-4-7-15(10-14)16(11-24-3)17(12-26)21(27)25-19-9-5-8-18(22)20(19)23/h4-10,12-13,16-17,24H,11H2,1-3H3,(H,25,27). The van der Waals surface area contributed by atoms with Crippen LogP contribution in [0.5, 0.6) is 0 Å². The molecule has 4 nitrogen and oxygen atoms in total. The number of likely N-dealkylation sites (N-methyl/N-ethyl adjacent to an activating group) is 1. The average Bonchev–Trinajstić information content (AvgIpc) is 2.65. The molecule has 2 N–H and O–H groups in total. The van der Waals surface area contributed by atoms with Gasteiger partial charge in [-0.15, -0.1) is 0 Å². The highest BCUT2D eigenvalue weighted by atomic mass is 19.2. The third-order valence-electron chi connectivity index (χ3n) is 4.52. The summed E-state index contributed by atoms with van der Waals surface area (Å²) in [4.78, 5) is 24.4. The van der Waals surface area contributed by atoms with Crippen LogP contribution in [0.4, 0.5) is 14.5 Å². The summed E-state index contributed by atoms with van der Waals surface area (Å²) >= 11 is 0. The highest BCUT2D eigenvalue weighted by Gasteiger charge is 2.30. The van der Waals surface area contributed by atoms with Gasteiger partial charge in [0.05, 0.1) is 5.69 Å². The van der Waals surface area contributed by atoms with E-state index in [-0.39, 0.29) is 5.69 Å². The van der Waals surface area contributed by atoms with E-state index in [9.17, 15) is 18.4 Å². The van der Waals surface area contributed by atoms with E-state index in [0.29, 0.717) is 18.7 Å². The molecule has 0 radical (unpaired) electrons. The average molecular weight is 374 g/mol. The van der Waals surface area contributed by atoms with Crippen LogP contribution in [0.2, 0.25) is 0 Å². The van der Waals surface area contributed by atoms with Gasteiger partial charge in [-0.3, -0.25) is 4.79 Å². The number of hydrogen-bond donors (Lipinski definition) is 2. The topological polar surface area (TPSA) is 58.2 Å². The molecule has 2 aromatic rings. The summed E-state index contributed by atoms with van der Waals surface area (Å²) in [5.41, 5.74) is 1.64. The maximum Gasteiger partial charge on any atom is 0.235 e. The molecule has 0 aliphatic heterocycles. The van der Waals surface area contributed by atoms with Gasteiger partial charge in [0.1, 0.15) is 12.2 Å². The Labute approximate surface area is 158 Å². The Kier molecular flexibility index (Phi) is 7.19. The first-order chi connectivity index (χ1) is 12.9. The monoisotopic (exact) mass is 374 g/mol. The Morgan fingerprint density at radius 3 is 2.41 bits per heavy atom. The van der Waals surface area contributed by atoms with Crippen molar-refractivity contribution in [2.45, 2.75) is 25.7 Å². The zero-order chi connectivity index (χ0) is 20.0. The van der Waals surface area contributed by atoms with Gasteiger partial charge in [0.25, 0.3) is 0 Å². The van der Waals surface area contributed by atoms with Crippen molar-refractivity contribution in [2.24, 2.45) is 5.92 Å². The van der Waals surface area contributed by atoms with Crippen molar-refractivity contribution in [2.75, 3.05) is 18.9 Å². The van der Waals surface area contributed by atoms with Crippen molar-refractivity contribution in [3.8, 4) is 0 Å². The van der Waals surface area contributed by atoms with E-state index in [1.807, 2.05) is 24.3 Å². The van der Waals surface area contributed by atoms with Crippen molar-refractivity contribution in [1.29, 1.82) is 0 Å². The van der Waals surface area contributed by atoms with Gasteiger partial charge < -0.3 is 15.4 Å². The first kappa shape index (κ1) is 20.7. The molecule has 144 valence electrons. The van der Waals surface area contributed by atoms with Crippen molar-refractivity contribution >= 4 is 17.9 Å². The number of carbonyl (C=O) groups excluding carboxylic acids is 2. The third kappa shape index (κ3) is 4.98. The molecular formula is C21H24F2N2O2. The van der Waals surface area contributed by atoms with Crippen LogP contribution >= 0.6 is 0 Å². The second-order valence-electron chi connectivity index (χ2n) is 6.74. The molecule has 0 saturated heterocycles. The molecule has 0 bridgehead atoms. The second-order valence-corrected chi connectivity index (χ2v) is 6.74. The van der Waals surface area contributed by atoms with E-state index < -0.39 is 29.4 Å². The van der Waals surface area contributed by atoms with Crippen LogP contribution in [0.3, 0.4) is 0 Å². The minimum absolute atomic E-state index is 0.286. The van der Waals surface area contributed by atoms with Crippen LogP contribution < -0.4 is 10.6 Å². The maximum atomic E-state index is 13.9. The molecule has 27 heavy (non-hydrogen) atoms. The molecule has 0 fully saturated rings. The van der Waals surface area contributed by atoms with Crippen LogP contribution in [-0.4, -0.2) is 25.8 Å². The fourth-order valence-electron chi connectivity index (χ4n) is 2.98. The lowest BCUT2D eigenvalue weighted by Crippen LogP contribution is -2.34. The van der Waals surface area contributed by atoms with Crippen molar-refractivity contribution in [3.05, 3.63) is 65.2 Å². The number of nitrogens with one attached hydrogen (secondary N) is 2. The minimum atomic E-state index is -1.15. The molecule has 1 amide bonds. The summed E-state index contributed by atoms with van der Waals surface area (Å²) in [6, 6.07) is 11.2. The zero-order valence-electron chi connectivity index (χ0n) is 15.6. The molecule has 2 atom stereocenters. The van der Waals surface area contributed by atoms with E-state index >= 15 is 0 Å². The number of benzene rings is 2. The molecule has 0 aromatic heterocycles. The molecule has 0 aliphatic rings. The summed E-state index contributed by atoms with van der Waals surface area (Å²) in [6.45, 7) is 4.50. The van der Waals surface area contributed by atoms with E-state index in [0.717, 1.165) is 17.2 Å². The van der Waals surface area contributed by atoms with Gasteiger partial charge in [-0.05, 0) is 36.2 Å². The SMILES string of the molecule is CNCC(c1cccc(C(C)C)c1)C(C=O)C(=O)Nc1cccc(F)c1F. The first-order valence-corrected chi connectivity index (χ1v) is 8.83. The number of amides is 1. The van der Waals surface area contributed by atoms with Gasteiger partial charge in [0.15, 0.2) is 11.6 Å².